The fourth-order valence-electron chi connectivity index (χ4n) is 4.35. The third-order valence-electron chi connectivity index (χ3n) is 5.78. The van der Waals surface area contributed by atoms with Crippen molar-refractivity contribution in [2.24, 2.45) is 17.8 Å². The molecule has 138 valence electrons. The van der Waals surface area contributed by atoms with Gasteiger partial charge in [0, 0.05) is 18.7 Å². The topological polar surface area (TPSA) is 75.7 Å². The Morgan fingerprint density at radius 3 is 2.68 bits per heavy atom. The fraction of sp³-hybridized carbons (Fsp3) is 0.611. The van der Waals surface area contributed by atoms with Crippen molar-refractivity contribution in [3.05, 3.63) is 29.8 Å². The lowest BCUT2D eigenvalue weighted by Gasteiger charge is -2.28. The van der Waals surface area contributed by atoms with Crippen molar-refractivity contribution >= 4 is 15.9 Å². The molecule has 3 rings (SSSR count). The van der Waals surface area contributed by atoms with Gasteiger partial charge in [0.1, 0.15) is 0 Å². The smallest absolute Gasteiger partial charge is 0.264 e. The Kier molecular flexibility index (Phi) is 5.18. The summed E-state index contributed by atoms with van der Waals surface area (Å²) in [5.74, 6) is 1.86. The molecule has 0 heterocycles. The van der Waals surface area contributed by atoms with Crippen LogP contribution in [0.1, 0.15) is 43.0 Å². The summed E-state index contributed by atoms with van der Waals surface area (Å²) in [5, 5.41) is 3.07. The second-order valence-electron chi connectivity index (χ2n) is 7.23. The van der Waals surface area contributed by atoms with Crippen LogP contribution in [-0.4, -0.2) is 39.0 Å². The summed E-state index contributed by atoms with van der Waals surface area (Å²) in [6.07, 6.45) is 5.09. The van der Waals surface area contributed by atoms with Gasteiger partial charge in [0.05, 0.1) is 12.0 Å². The lowest BCUT2D eigenvalue weighted by Crippen LogP contribution is -2.40. The third kappa shape index (κ3) is 3.59. The summed E-state index contributed by atoms with van der Waals surface area (Å²) in [4.78, 5) is 17.4. The van der Waals surface area contributed by atoms with E-state index in [2.05, 4.69) is 12.2 Å². The van der Waals surface area contributed by atoms with E-state index in [0.717, 1.165) is 16.3 Å². The van der Waals surface area contributed by atoms with E-state index in [1.807, 2.05) is 0 Å². The molecule has 6 nitrogen and oxygen atoms in total. The van der Waals surface area contributed by atoms with E-state index in [1.54, 1.807) is 12.1 Å². The second-order valence-corrected chi connectivity index (χ2v) is 9.16. The summed E-state index contributed by atoms with van der Waals surface area (Å²) in [5.41, 5.74) is 0.348. The zero-order valence-electron chi connectivity index (χ0n) is 14.9. The van der Waals surface area contributed by atoms with E-state index in [-0.39, 0.29) is 16.8 Å². The number of nitrogens with one attached hydrogen (secondary N) is 1. The molecule has 4 atom stereocenters. The number of hydroxylamine groups is 1. The highest BCUT2D eigenvalue weighted by Crippen LogP contribution is 2.49. The van der Waals surface area contributed by atoms with Crippen LogP contribution in [0.25, 0.3) is 0 Å². The van der Waals surface area contributed by atoms with Crippen LogP contribution in [-0.2, 0) is 14.9 Å². The number of amides is 1. The predicted octanol–water partition coefficient (Wildman–Crippen LogP) is 2.42. The van der Waals surface area contributed by atoms with Crippen LogP contribution in [0.15, 0.2) is 29.2 Å². The van der Waals surface area contributed by atoms with Crippen molar-refractivity contribution in [1.82, 2.24) is 9.79 Å². The molecule has 2 saturated carbocycles. The van der Waals surface area contributed by atoms with Gasteiger partial charge in [-0.3, -0.25) is 9.63 Å². The normalized spacial score (nSPS) is 26.8. The van der Waals surface area contributed by atoms with Crippen LogP contribution in [0.2, 0.25) is 0 Å². The molecule has 1 amide bonds. The van der Waals surface area contributed by atoms with Gasteiger partial charge in [-0.1, -0.05) is 17.0 Å². The number of rotatable bonds is 6. The maximum absolute atomic E-state index is 12.6. The Balaban J connectivity index is 1.71. The van der Waals surface area contributed by atoms with Crippen LogP contribution in [0.5, 0.6) is 0 Å². The van der Waals surface area contributed by atoms with E-state index < -0.39 is 10.0 Å². The molecule has 0 aromatic heterocycles. The molecule has 2 fully saturated rings. The van der Waals surface area contributed by atoms with Crippen molar-refractivity contribution in [2.45, 2.75) is 43.5 Å². The fourth-order valence-corrected chi connectivity index (χ4v) is 5.37. The van der Waals surface area contributed by atoms with Crippen molar-refractivity contribution in [2.75, 3.05) is 14.2 Å². The molecule has 0 aliphatic heterocycles. The molecule has 2 aliphatic carbocycles. The summed E-state index contributed by atoms with van der Waals surface area (Å²) >= 11 is 0. The highest BCUT2D eigenvalue weighted by Gasteiger charge is 2.42. The van der Waals surface area contributed by atoms with Gasteiger partial charge in [-0.15, -0.1) is 0 Å². The minimum absolute atomic E-state index is 0.0390. The van der Waals surface area contributed by atoms with Crippen molar-refractivity contribution in [3.8, 4) is 0 Å². The minimum Gasteiger partial charge on any atom is -0.349 e. The van der Waals surface area contributed by atoms with Gasteiger partial charge in [-0.2, -0.15) is 0 Å². The molecule has 0 radical (unpaired) electrons. The first-order valence-electron chi connectivity index (χ1n) is 8.77. The molecule has 25 heavy (non-hydrogen) atoms. The number of carbonyl (C=O) groups is 1. The molecule has 0 saturated heterocycles. The van der Waals surface area contributed by atoms with Gasteiger partial charge in [0.15, 0.2) is 0 Å². The average molecular weight is 366 g/mol. The Morgan fingerprint density at radius 2 is 2.08 bits per heavy atom. The standard InChI is InChI=1S/C18H26N2O4S/c1-12(17-10-13-7-8-14(17)9-13)19-18(21)15-5-4-6-16(11-15)25(22,23)20(2)24-3/h4-6,11-14,17H,7-10H2,1-3H3,(H,19,21). The molecule has 2 bridgehead atoms. The molecule has 7 heteroatoms. The minimum atomic E-state index is -3.77. The number of hydrogen-bond donors (Lipinski definition) is 1. The van der Waals surface area contributed by atoms with Gasteiger partial charge < -0.3 is 5.32 Å². The van der Waals surface area contributed by atoms with Crippen LogP contribution >= 0.6 is 0 Å². The molecular formula is C18H26N2O4S. The van der Waals surface area contributed by atoms with E-state index in [0.29, 0.717) is 11.5 Å². The number of benzene rings is 1. The first-order valence-corrected chi connectivity index (χ1v) is 10.2. The van der Waals surface area contributed by atoms with Crippen LogP contribution < -0.4 is 5.32 Å². The molecule has 4 unspecified atom stereocenters. The maximum Gasteiger partial charge on any atom is 0.264 e. The number of sulfonamides is 1. The van der Waals surface area contributed by atoms with E-state index in [9.17, 15) is 13.2 Å². The average Bonchev–Trinajstić information content (AvgIpc) is 3.24. The maximum atomic E-state index is 12.6. The van der Waals surface area contributed by atoms with E-state index >= 15 is 0 Å². The molecule has 1 N–H and O–H groups in total. The molecular weight excluding hydrogens is 340 g/mol. The predicted molar refractivity (Wildman–Crippen MR) is 94.3 cm³/mol. The number of nitrogens with zero attached hydrogens (tertiary/aromatic N) is 1. The van der Waals surface area contributed by atoms with Crippen LogP contribution in [0.3, 0.4) is 0 Å². The lowest BCUT2D eigenvalue weighted by atomic mass is 9.84. The highest BCUT2D eigenvalue weighted by atomic mass is 32.2. The first-order chi connectivity index (χ1) is 11.8. The second kappa shape index (κ2) is 7.05. The SMILES string of the molecule is CON(C)S(=O)(=O)c1cccc(C(=O)NC(C)C2CC3CCC2C3)c1. The molecule has 1 aromatic carbocycles. The summed E-state index contributed by atoms with van der Waals surface area (Å²) < 4.78 is 25.4. The number of hydrogen-bond acceptors (Lipinski definition) is 4. The van der Waals surface area contributed by atoms with Crippen molar-refractivity contribution < 1.29 is 18.0 Å². The van der Waals surface area contributed by atoms with Crippen LogP contribution in [0, 0.1) is 17.8 Å². The van der Waals surface area contributed by atoms with Crippen molar-refractivity contribution in [1.29, 1.82) is 0 Å². The van der Waals surface area contributed by atoms with Crippen LogP contribution in [0.4, 0.5) is 0 Å². The summed E-state index contributed by atoms with van der Waals surface area (Å²) in [6.45, 7) is 2.06. The van der Waals surface area contributed by atoms with E-state index in [4.69, 9.17) is 4.84 Å². The van der Waals surface area contributed by atoms with Gasteiger partial charge in [-0.25, -0.2) is 8.42 Å². The third-order valence-corrected chi connectivity index (χ3v) is 7.46. The number of carbonyl (C=O) groups excluding carboxylic acids is 1. The molecule has 2 aliphatic rings. The van der Waals surface area contributed by atoms with Gasteiger partial charge in [0.25, 0.3) is 15.9 Å². The quantitative estimate of drug-likeness (QED) is 0.785. The zero-order valence-corrected chi connectivity index (χ0v) is 15.8. The summed E-state index contributed by atoms with van der Waals surface area (Å²) in [6, 6.07) is 6.17. The van der Waals surface area contributed by atoms with E-state index in [1.165, 1.54) is 52.0 Å². The summed E-state index contributed by atoms with van der Waals surface area (Å²) in [7, 11) is -1.16. The monoisotopic (exact) mass is 366 g/mol. The highest BCUT2D eigenvalue weighted by molar-refractivity contribution is 7.89. The van der Waals surface area contributed by atoms with Gasteiger partial charge in [0.2, 0.25) is 0 Å². The largest absolute Gasteiger partial charge is 0.349 e. The Hall–Kier alpha value is -1.44. The van der Waals surface area contributed by atoms with Gasteiger partial charge >= 0.3 is 0 Å². The van der Waals surface area contributed by atoms with Crippen molar-refractivity contribution in [3.63, 3.8) is 0 Å². The Bertz CT molecular complexity index is 749. The number of fused-ring (bicyclic) bond motifs is 2. The Labute approximate surface area is 149 Å². The first kappa shape index (κ1) is 18.4. The zero-order chi connectivity index (χ0) is 18.2. The lowest BCUT2D eigenvalue weighted by molar-refractivity contribution is -0.0258. The Morgan fingerprint density at radius 1 is 1.32 bits per heavy atom. The molecule has 1 aromatic rings. The molecule has 0 spiro atoms. The van der Waals surface area contributed by atoms with Gasteiger partial charge in [-0.05, 0) is 62.1 Å².